The Balaban J connectivity index is 2.86. The van der Waals surface area contributed by atoms with E-state index < -0.39 is 0 Å². The normalized spacial score (nSPS) is 10.2. The van der Waals surface area contributed by atoms with E-state index in [1.165, 1.54) is 11.8 Å². The maximum atomic E-state index is 12.1. The smallest absolute Gasteiger partial charge is 0.242 e. The average molecular weight is 297 g/mol. The first-order valence-corrected chi connectivity index (χ1v) is 7.87. The van der Waals surface area contributed by atoms with Crippen molar-refractivity contribution in [2.45, 2.75) is 19.0 Å². The van der Waals surface area contributed by atoms with Crippen molar-refractivity contribution in [1.82, 2.24) is 14.9 Å². The summed E-state index contributed by atoms with van der Waals surface area (Å²) in [5.41, 5.74) is 0. The quantitative estimate of drug-likeness (QED) is 0.608. The SMILES string of the molecule is CCN(CC)C(=O)CN(C)c1cc(NC)nc(SC)n1. The zero-order valence-electron chi connectivity index (χ0n) is 12.8. The molecule has 0 saturated carbocycles. The van der Waals surface area contributed by atoms with Gasteiger partial charge in [-0.1, -0.05) is 11.8 Å². The van der Waals surface area contributed by atoms with Gasteiger partial charge in [-0.15, -0.1) is 0 Å². The number of nitrogens with one attached hydrogen (secondary N) is 1. The van der Waals surface area contributed by atoms with E-state index in [1.807, 2.05) is 50.1 Å². The molecule has 6 nitrogen and oxygen atoms in total. The molecular weight excluding hydrogens is 274 g/mol. The summed E-state index contributed by atoms with van der Waals surface area (Å²) in [6, 6.07) is 1.84. The fourth-order valence-corrected chi connectivity index (χ4v) is 2.16. The maximum Gasteiger partial charge on any atom is 0.242 e. The van der Waals surface area contributed by atoms with Gasteiger partial charge in [0.2, 0.25) is 5.91 Å². The number of likely N-dealkylation sites (N-methyl/N-ethyl adjacent to an activating group) is 2. The number of carbonyl (C=O) groups excluding carboxylic acids is 1. The van der Waals surface area contributed by atoms with Crippen LogP contribution < -0.4 is 10.2 Å². The Morgan fingerprint density at radius 2 is 2.00 bits per heavy atom. The Hall–Kier alpha value is -1.50. The molecule has 1 rings (SSSR count). The lowest BCUT2D eigenvalue weighted by atomic mass is 10.4. The molecule has 0 unspecified atom stereocenters. The molecule has 0 aliphatic rings. The van der Waals surface area contributed by atoms with Crippen LogP contribution in [-0.4, -0.2) is 60.8 Å². The minimum absolute atomic E-state index is 0.104. The Morgan fingerprint density at radius 1 is 1.35 bits per heavy atom. The molecule has 0 bridgehead atoms. The monoisotopic (exact) mass is 297 g/mol. The molecule has 1 heterocycles. The number of nitrogens with zero attached hydrogens (tertiary/aromatic N) is 4. The van der Waals surface area contributed by atoms with Gasteiger partial charge in [-0.25, -0.2) is 9.97 Å². The lowest BCUT2D eigenvalue weighted by Gasteiger charge is -2.24. The van der Waals surface area contributed by atoms with Crippen LogP contribution in [0.25, 0.3) is 0 Å². The molecule has 1 aromatic heterocycles. The van der Waals surface area contributed by atoms with Crippen LogP contribution in [0.5, 0.6) is 0 Å². The first kappa shape index (κ1) is 16.6. The lowest BCUT2D eigenvalue weighted by Crippen LogP contribution is -2.39. The van der Waals surface area contributed by atoms with Crippen molar-refractivity contribution in [3.05, 3.63) is 6.07 Å². The summed E-state index contributed by atoms with van der Waals surface area (Å²) in [6.45, 7) is 5.74. The third-order valence-electron chi connectivity index (χ3n) is 3.01. The second-order valence-electron chi connectivity index (χ2n) is 4.27. The molecule has 0 aliphatic heterocycles. The largest absolute Gasteiger partial charge is 0.373 e. The molecule has 0 atom stereocenters. The van der Waals surface area contributed by atoms with E-state index in [0.29, 0.717) is 11.7 Å². The zero-order chi connectivity index (χ0) is 15.1. The summed E-state index contributed by atoms with van der Waals surface area (Å²) in [6.07, 6.45) is 1.93. The zero-order valence-corrected chi connectivity index (χ0v) is 13.6. The van der Waals surface area contributed by atoms with Crippen molar-refractivity contribution in [2.24, 2.45) is 0 Å². The molecule has 20 heavy (non-hydrogen) atoms. The summed E-state index contributed by atoms with van der Waals surface area (Å²) in [4.78, 5) is 24.5. The van der Waals surface area contributed by atoms with Gasteiger partial charge in [-0.2, -0.15) is 0 Å². The molecule has 0 aromatic carbocycles. The van der Waals surface area contributed by atoms with Crippen LogP contribution >= 0.6 is 11.8 Å². The third-order valence-corrected chi connectivity index (χ3v) is 3.56. The highest BCUT2D eigenvalue weighted by atomic mass is 32.2. The van der Waals surface area contributed by atoms with E-state index in [9.17, 15) is 4.79 Å². The highest BCUT2D eigenvalue weighted by Gasteiger charge is 2.15. The first-order chi connectivity index (χ1) is 9.55. The van der Waals surface area contributed by atoms with E-state index in [1.54, 1.807) is 0 Å². The molecule has 0 spiro atoms. The summed E-state index contributed by atoms with van der Waals surface area (Å²) in [5, 5.41) is 3.70. The summed E-state index contributed by atoms with van der Waals surface area (Å²) in [5.74, 6) is 1.60. The van der Waals surface area contributed by atoms with Gasteiger partial charge in [-0.3, -0.25) is 4.79 Å². The minimum Gasteiger partial charge on any atom is -0.373 e. The summed E-state index contributed by atoms with van der Waals surface area (Å²) >= 11 is 1.48. The van der Waals surface area contributed by atoms with Gasteiger partial charge in [0.15, 0.2) is 5.16 Å². The molecule has 112 valence electrons. The van der Waals surface area contributed by atoms with Gasteiger partial charge in [0.05, 0.1) is 6.54 Å². The molecule has 1 N–H and O–H groups in total. The Labute approximate surface area is 125 Å². The topological polar surface area (TPSA) is 61.4 Å². The molecule has 1 amide bonds. The highest BCUT2D eigenvalue weighted by Crippen LogP contribution is 2.19. The average Bonchev–Trinajstić information content (AvgIpc) is 2.47. The fraction of sp³-hybridized carbons (Fsp3) is 0.615. The molecule has 7 heteroatoms. The van der Waals surface area contributed by atoms with Crippen molar-refractivity contribution < 1.29 is 4.79 Å². The van der Waals surface area contributed by atoms with Gasteiger partial charge < -0.3 is 15.1 Å². The maximum absolute atomic E-state index is 12.1. The van der Waals surface area contributed by atoms with Gasteiger partial charge in [0, 0.05) is 33.3 Å². The third kappa shape index (κ3) is 4.26. The van der Waals surface area contributed by atoms with Crippen molar-refractivity contribution in [2.75, 3.05) is 50.2 Å². The Bertz CT molecular complexity index is 428. The number of rotatable bonds is 7. The van der Waals surface area contributed by atoms with E-state index in [4.69, 9.17) is 0 Å². The summed E-state index contributed by atoms with van der Waals surface area (Å²) < 4.78 is 0. The van der Waals surface area contributed by atoms with Crippen LogP contribution in [0.3, 0.4) is 0 Å². The van der Waals surface area contributed by atoms with E-state index in [0.717, 1.165) is 24.7 Å². The number of carbonyl (C=O) groups is 1. The number of anilines is 2. The number of hydrogen-bond donors (Lipinski definition) is 1. The van der Waals surface area contributed by atoms with Gasteiger partial charge in [0.1, 0.15) is 11.6 Å². The molecule has 0 radical (unpaired) electrons. The number of amides is 1. The highest BCUT2D eigenvalue weighted by molar-refractivity contribution is 7.98. The van der Waals surface area contributed by atoms with Crippen LogP contribution in [0.4, 0.5) is 11.6 Å². The van der Waals surface area contributed by atoms with Crippen molar-refractivity contribution in [1.29, 1.82) is 0 Å². The van der Waals surface area contributed by atoms with Crippen LogP contribution in [0, 0.1) is 0 Å². The second kappa shape index (κ2) is 7.94. The van der Waals surface area contributed by atoms with Gasteiger partial charge in [-0.05, 0) is 20.1 Å². The number of thioether (sulfide) groups is 1. The molecule has 1 aromatic rings. The first-order valence-electron chi connectivity index (χ1n) is 6.65. The molecule has 0 saturated heterocycles. The standard InChI is InChI=1S/C13H23N5OS/c1-6-18(7-2)12(19)9-17(4)11-8-10(14-3)15-13(16-11)20-5/h8H,6-7,9H2,1-5H3,(H,14,15,16). The van der Waals surface area contributed by atoms with Crippen LogP contribution in [-0.2, 0) is 4.79 Å². The van der Waals surface area contributed by atoms with E-state index in [-0.39, 0.29) is 5.91 Å². The van der Waals surface area contributed by atoms with Crippen molar-refractivity contribution in [3.63, 3.8) is 0 Å². The predicted molar refractivity (Wildman–Crippen MR) is 84.6 cm³/mol. The van der Waals surface area contributed by atoms with Gasteiger partial charge in [0.25, 0.3) is 0 Å². The van der Waals surface area contributed by atoms with Crippen LogP contribution in [0.2, 0.25) is 0 Å². The van der Waals surface area contributed by atoms with Crippen molar-refractivity contribution >= 4 is 29.3 Å². The molecular formula is C13H23N5OS. The van der Waals surface area contributed by atoms with E-state index >= 15 is 0 Å². The van der Waals surface area contributed by atoms with Crippen molar-refractivity contribution in [3.8, 4) is 0 Å². The minimum atomic E-state index is 0.104. The Kier molecular flexibility index (Phi) is 6.57. The van der Waals surface area contributed by atoms with Gasteiger partial charge >= 0.3 is 0 Å². The molecule has 0 aliphatic carbocycles. The summed E-state index contributed by atoms with van der Waals surface area (Å²) in [7, 11) is 3.69. The Morgan fingerprint density at radius 3 is 2.50 bits per heavy atom. The van der Waals surface area contributed by atoms with Crippen LogP contribution in [0.15, 0.2) is 11.2 Å². The molecule has 0 fully saturated rings. The second-order valence-corrected chi connectivity index (χ2v) is 5.04. The number of hydrogen-bond acceptors (Lipinski definition) is 6. The number of aromatic nitrogens is 2. The predicted octanol–water partition coefficient (Wildman–Crippen LogP) is 1.54. The lowest BCUT2D eigenvalue weighted by molar-refractivity contribution is -0.129. The van der Waals surface area contributed by atoms with Crippen LogP contribution in [0.1, 0.15) is 13.8 Å². The van der Waals surface area contributed by atoms with E-state index in [2.05, 4.69) is 15.3 Å². The fourth-order valence-electron chi connectivity index (χ4n) is 1.79.